The van der Waals surface area contributed by atoms with Crippen molar-refractivity contribution < 1.29 is 13.5 Å². The van der Waals surface area contributed by atoms with Crippen LogP contribution in [0.4, 0.5) is 10.1 Å². The third-order valence-corrected chi connectivity index (χ3v) is 6.37. The Morgan fingerprint density at radius 1 is 1.09 bits per heavy atom. The molecule has 1 aliphatic rings. The van der Waals surface area contributed by atoms with Crippen molar-refractivity contribution in [1.29, 1.82) is 0 Å². The number of ether oxygens (including phenoxy) is 1. The average molecular weight is 524 g/mol. The third kappa shape index (κ3) is 4.12. The van der Waals surface area contributed by atoms with Gasteiger partial charge in [0.25, 0.3) is 0 Å². The van der Waals surface area contributed by atoms with E-state index in [1.165, 1.54) is 6.07 Å². The monoisotopic (exact) mass is 523 g/mol. The number of thiocarbonyl (C=S) groups is 1. The van der Waals surface area contributed by atoms with Gasteiger partial charge in [0.1, 0.15) is 29.1 Å². The molecule has 5 rings (SSSR count). The summed E-state index contributed by atoms with van der Waals surface area (Å²) in [6, 6.07) is 21.4. The number of anilines is 1. The third-order valence-electron chi connectivity index (χ3n) is 5.56. The molecular weight excluding hydrogens is 505 g/mol. The fourth-order valence-corrected chi connectivity index (χ4v) is 4.69. The molecule has 1 N–H and O–H groups in total. The van der Waals surface area contributed by atoms with Gasteiger partial charge in [0.2, 0.25) is 0 Å². The molecule has 3 heterocycles. The number of aromatic nitrogens is 1. The summed E-state index contributed by atoms with van der Waals surface area (Å²) in [6.45, 7) is 0. The van der Waals surface area contributed by atoms with Crippen LogP contribution in [0.25, 0.3) is 11.3 Å². The highest BCUT2D eigenvalue weighted by atomic mass is 79.9. The van der Waals surface area contributed by atoms with E-state index in [0.717, 1.165) is 17.1 Å². The first kappa shape index (κ1) is 21.6. The molecule has 1 fully saturated rings. The number of nitrogens with zero attached hydrogens (tertiary/aromatic N) is 2. The van der Waals surface area contributed by atoms with Gasteiger partial charge >= 0.3 is 0 Å². The fourth-order valence-electron chi connectivity index (χ4n) is 4.01. The van der Waals surface area contributed by atoms with E-state index >= 15 is 0 Å². The summed E-state index contributed by atoms with van der Waals surface area (Å²) >= 11 is 9.02. The second-order valence-electron chi connectivity index (χ2n) is 7.52. The first-order valence-corrected chi connectivity index (χ1v) is 11.4. The van der Waals surface area contributed by atoms with Crippen LogP contribution in [0.2, 0.25) is 0 Å². The predicted octanol–water partition coefficient (Wildman–Crippen LogP) is 6.43. The first-order chi connectivity index (χ1) is 16.0. The van der Waals surface area contributed by atoms with E-state index < -0.39 is 0 Å². The van der Waals surface area contributed by atoms with Gasteiger partial charge in [-0.1, -0.05) is 22.0 Å². The Labute approximate surface area is 204 Å². The van der Waals surface area contributed by atoms with Crippen LogP contribution in [0.1, 0.15) is 23.5 Å². The smallest absolute Gasteiger partial charge is 0.174 e. The van der Waals surface area contributed by atoms with E-state index in [-0.39, 0.29) is 17.9 Å². The number of hydrogen-bond donors (Lipinski definition) is 1. The maximum atomic E-state index is 14.6. The molecule has 0 unspecified atom stereocenters. The van der Waals surface area contributed by atoms with Crippen LogP contribution in [-0.2, 0) is 0 Å². The molecule has 2 aromatic heterocycles. The summed E-state index contributed by atoms with van der Waals surface area (Å²) in [5, 5.41) is 3.94. The Balaban J connectivity index is 1.59. The van der Waals surface area contributed by atoms with E-state index in [1.54, 1.807) is 31.5 Å². The zero-order valence-electron chi connectivity index (χ0n) is 17.5. The van der Waals surface area contributed by atoms with Crippen molar-refractivity contribution in [3.8, 4) is 17.1 Å². The quantitative estimate of drug-likeness (QED) is 0.304. The van der Waals surface area contributed by atoms with Crippen LogP contribution >= 0.6 is 28.1 Å². The van der Waals surface area contributed by atoms with Gasteiger partial charge in [-0.2, -0.15) is 0 Å². The summed E-state index contributed by atoms with van der Waals surface area (Å²) in [5.74, 6) is 1.48. The van der Waals surface area contributed by atoms with Crippen molar-refractivity contribution in [1.82, 2.24) is 10.3 Å². The molecule has 33 heavy (non-hydrogen) atoms. The maximum absolute atomic E-state index is 14.6. The number of hydrogen-bond acceptors (Lipinski definition) is 4. The minimum atomic E-state index is -0.362. The van der Waals surface area contributed by atoms with Crippen LogP contribution in [0.3, 0.4) is 0 Å². The molecule has 1 saturated heterocycles. The highest BCUT2D eigenvalue weighted by molar-refractivity contribution is 9.10. The second-order valence-corrected chi connectivity index (χ2v) is 8.82. The molecule has 166 valence electrons. The molecule has 0 aliphatic carbocycles. The number of halogens is 2. The standard InChI is InChI=1S/C25H19BrFN3O2S/c1-31-17-8-6-16(7-9-17)30-24(23(29-25(30)33)20-4-2-3-13-28-20)22-12-11-21(32-22)18-10-5-15(26)14-19(18)27/h2-14,23-24H,1H3,(H,29,33)/t23-,24-/m0/s1. The molecule has 4 aromatic rings. The lowest BCUT2D eigenvalue weighted by Crippen LogP contribution is -2.29. The Morgan fingerprint density at radius 2 is 1.91 bits per heavy atom. The van der Waals surface area contributed by atoms with Gasteiger partial charge in [0.05, 0.1) is 24.4 Å². The number of pyridine rings is 1. The van der Waals surface area contributed by atoms with E-state index in [9.17, 15) is 4.39 Å². The van der Waals surface area contributed by atoms with Crippen LogP contribution in [0.15, 0.2) is 87.9 Å². The second kappa shape index (κ2) is 8.96. The van der Waals surface area contributed by atoms with E-state index in [4.69, 9.17) is 21.4 Å². The summed E-state index contributed by atoms with van der Waals surface area (Å²) in [4.78, 5) is 6.53. The van der Waals surface area contributed by atoms with Crippen LogP contribution < -0.4 is 15.0 Å². The number of nitrogens with one attached hydrogen (secondary N) is 1. The van der Waals surface area contributed by atoms with Gasteiger partial charge in [-0.3, -0.25) is 4.98 Å². The van der Waals surface area contributed by atoms with Crippen molar-refractivity contribution in [2.24, 2.45) is 0 Å². The molecule has 0 radical (unpaired) electrons. The minimum Gasteiger partial charge on any atom is -0.497 e. The van der Waals surface area contributed by atoms with Gasteiger partial charge < -0.3 is 19.4 Å². The molecule has 0 spiro atoms. The Hall–Kier alpha value is -3.23. The Morgan fingerprint density at radius 3 is 2.61 bits per heavy atom. The van der Waals surface area contributed by atoms with E-state index in [2.05, 4.69) is 26.2 Å². The minimum absolute atomic E-state index is 0.255. The first-order valence-electron chi connectivity index (χ1n) is 10.2. The van der Waals surface area contributed by atoms with Crippen LogP contribution in [0.5, 0.6) is 5.75 Å². The Kier molecular flexibility index (Phi) is 5.86. The lowest BCUT2D eigenvalue weighted by Gasteiger charge is -2.26. The van der Waals surface area contributed by atoms with Crippen molar-refractivity contribution in [3.05, 3.63) is 101 Å². The highest BCUT2D eigenvalue weighted by Gasteiger charge is 2.42. The maximum Gasteiger partial charge on any atom is 0.174 e. The van der Waals surface area contributed by atoms with E-state index in [0.29, 0.717) is 26.7 Å². The molecule has 5 nitrogen and oxygen atoms in total. The summed E-state index contributed by atoms with van der Waals surface area (Å²) in [7, 11) is 1.63. The van der Waals surface area contributed by atoms with Gasteiger partial charge in [0, 0.05) is 16.4 Å². The molecule has 0 bridgehead atoms. The number of furan rings is 1. The average Bonchev–Trinajstić information content (AvgIpc) is 3.44. The van der Waals surface area contributed by atoms with Gasteiger partial charge in [-0.05, 0) is 78.9 Å². The number of benzene rings is 2. The SMILES string of the molecule is COc1ccc(N2C(=S)N[C@@H](c3ccccn3)[C@@H]2c2ccc(-c3ccc(Br)cc3F)o2)cc1. The molecule has 1 aliphatic heterocycles. The zero-order chi connectivity index (χ0) is 22.9. The van der Waals surface area contributed by atoms with Gasteiger partial charge in [-0.25, -0.2) is 4.39 Å². The van der Waals surface area contributed by atoms with Crippen LogP contribution in [-0.4, -0.2) is 17.2 Å². The fraction of sp³-hybridized carbons (Fsp3) is 0.120. The van der Waals surface area contributed by atoms with Crippen LogP contribution in [0, 0.1) is 5.82 Å². The topological polar surface area (TPSA) is 50.5 Å². The Bertz CT molecular complexity index is 1300. The number of rotatable bonds is 5. The van der Waals surface area contributed by atoms with Gasteiger partial charge in [-0.15, -0.1) is 0 Å². The molecule has 8 heteroatoms. The van der Waals surface area contributed by atoms with Crippen molar-refractivity contribution in [2.45, 2.75) is 12.1 Å². The highest BCUT2D eigenvalue weighted by Crippen LogP contribution is 2.43. The van der Waals surface area contributed by atoms with E-state index in [1.807, 2.05) is 53.4 Å². The summed E-state index contributed by atoms with van der Waals surface area (Å²) in [5.41, 5.74) is 2.10. The van der Waals surface area contributed by atoms with Crippen molar-refractivity contribution >= 4 is 38.9 Å². The normalized spacial score (nSPS) is 17.8. The molecule has 0 saturated carbocycles. The molecule has 0 amide bonds. The van der Waals surface area contributed by atoms with Crippen molar-refractivity contribution in [3.63, 3.8) is 0 Å². The largest absolute Gasteiger partial charge is 0.497 e. The molecule has 2 atom stereocenters. The predicted molar refractivity (Wildman–Crippen MR) is 133 cm³/mol. The summed E-state index contributed by atoms with van der Waals surface area (Å²) < 4.78 is 26.8. The number of methoxy groups -OCH3 is 1. The zero-order valence-corrected chi connectivity index (χ0v) is 19.9. The lowest BCUT2D eigenvalue weighted by molar-refractivity contribution is 0.414. The van der Waals surface area contributed by atoms with Gasteiger partial charge in [0.15, 0.2) is 5.11 Å². The molecular formula is C25H19BrFN3O2S. The lowest BCUT2D eigenvalue weighted by atomic mass is 10.0. The molecule has 2 aromatic carbocycles. The van der Waals surface area contributed by atoms with Crippen molar-refractivity contribution in [2.75, 3.05) is 12.0 Å². The summed E-state index contributed by atoms with van der Waals surface area (Å²) in [6.07, 6.45) is 1.75.